The third-order valence-corrected chi connectivity index (χ3v) is 6.76. The van der Waals surface area contributed by atoms with Crippen molar-refractivity contribution in [3.05, 3.63) is 83.4 Å². The van der Waals surface area contributed by atoms with Crippen molar-refractivity contribution in [1.29, 1.82) is 0 Å². The van der Waals surface area contributed by atoms with E-state index in [1.165, 1.54) is 11.1 Å². The number of thiol groups is 2. The van der Waals surface area contributed by atoms with Gasteiger partial charge in [-0.1, -0.05) is 73.5 Å². The van der Waals surface area contributed by atoms with Crippen molar-refractivity contribution in [3.63, 3.8) is 0 Å². The first kappa shape index (κ1) is 24.5. The summed E-state index contributed by atoms with van der Waals surface area (Å²) in [6.07, 6.45) is 8.26. The molecule has 0 fully saturated rings. The Hall–Kier alpha value is -2.58. The Morgan fingerprint density at radius 3 is 1.32 bits per heavy atom. The van der Waals surface area contributed by atoms with Gasteiger partial charge in [0.15, 0.2) is 10.3 Å². The molecule has 8 heteroatoms. The normalized spacial score (nSPS) is 11.2. The van der Waals surface area contributed by atoms with Crippen LogP contribution in [0.2, 0.25) is 0 Å². The zero-order valence-electron chi connectivity index (χ0n) is 19.4. The van der Waals surface area contributed by atoms with E-state index in [1.807, 2.05) is 12.1 Å². The Kier molecular flexibility index (Phi) is 9.21. The van der Waals surface area contributed by atoms with Gasteiger partial charge in [-0.2, -0.15) is 0 Å². The molecule has 0 radical (unpaired) electrons. The molecule has 0 unspecified atom stereocenters. The molecule has 2 heterocycles. The summed E-state index contributed by atoms with van der Waals surface area (Å²) in [5.74, 6) is 2.06. The average Bonchev–Trinajstić information content (AvgIpc) is 3.41. The fourth-order valence-electron chi connectivity index (χ4n) is 4.17. The molecule has 6 nitrogen and oxygen atoms in total. The van der Waals surface area contributed by atoms with Crippen molar-refractivity contribution in [2.75, 3.05) is 0 Å². The molecule has 0 saturated heterocycles. The Labute approximate surface area is 212 Å². The van der Waals surface area contributed by atoms with Gasteiger partial charge >= 0.3 is 0 Å². The lowest BCUT2D eigenvalue weighted by atomic mass is 10.1. The number of benzene rings is 2. The number of nitrogens with zero attached hydrogens (tertiary/aromatic N) is 6. The molecule has 0 aliphatic carbocycles. The predicted octanol–water partition coefficient (Wildman–Crippen LogP) is 5.28. The Bertz CT molecular complexity index is 1050. The van der Waals surface area contributed by atoms with E-state index in [-0.39, 0.29) is 0 Å². The highest BCUT2D eigenvalue weighted by Gasteiger charge is 2.11. The number of aromatic nitrogens is 6. The van der Waals surface area contributed by atoms with Gasteiger partial charge in [0.1, 0.15) is 11.6 Å². The summed E-state index contributed by atoms with van der Waals surface area (Å²) in [7, 11) is 0. The molecule has 0 atom stereocenters. The zero-order valence-corrected chi connectivity index (χ0v) is 21.2. The molecule has 0 amide bonds. The molecular formula is C26H32N6S2. The van der Waals surface area contributed by atoms with Crippen LogP contribution in [0.5, 0.6) is 0 Å². The minimum atomic E-state index is 0.698. The molecule has 34 heavy (non-hydrogen) atoms. The molecule has 0 bridgehead atoms. The quantitative estimate of drug-likeness (QED) is 0.197. The molecule has 0 aliphatic rings. The second kappa shape index (κ2) is 12.8. The van der Waals surface area contributed by atoms with E-state index in [2.05, 4.69) is 103 Å². The number of unbranched alkanes of at least 4 members (excludes halogenated alkanes) is 3. The number of rotatable bonds is 13. The number of hydrogen-bond donors (Lipinski definition) is 2. The molecule has 4 aromatic rings. The maximum Gasteiger partial charge on any atom is 0.188 e. The highest BCUT2D eigenvalue weighted by Crippen LogP contribution is 2.15. The van der Waals surface area contributed by atoms with E-state index in [9.17, 15) is 0 Å². The Morgan fingerprint density at radius 1 is 0.500 bits per heavy atom. The molecule has 0 N–H and O–H groups in total. The second-order valence-electron chi connectivity index (χ2n) is 8.52. The summed E-state index contributed by atoms with van der Waals surface area (Å²) in [5, 5.41) is 18.5. The van der Waals surface area contributed by atoms with Crippen LogP contribution in [0.15, 0.2) is 71.0 Å². The van der Waals surface area contributed by atoms with Crippen LogP contribution in [0, 0.1) is 0 Å². The zero-order chi connectivity index (χ0) is 23.6. The van der Waals surface area contributed by atoms with E-state index < -0.39 is 0 Å². The van der Waals surface area contributed by atoms with Crippen molar-refractivity contribution in [3.8, 4) is 0 Å². The van der Waals surface area contributed by atoms with Crippen LogP contribution < -0.4 is 0 Å². The average molecular weight is 493 g/mol. The van der Waals surface area contributed by atoms with Crippen molar-refractivity contribution in [2.24, 2.45) is 0 Å². The lowest BCUT2D eigenvalue weighted by Crippen LogP contribution is -2.08. The molecule has 2 aromatic heterocycles. The summed E-state index contributed by atoms with van der Waals surface area (Å²) in [5.41, 5.74) is 2.63. The Balaban J connectivity index is 1.18. The third kappa shape index (κ3) is 6.96. The molecular weight excluding hydrogens is 460 g/mol. The SMILES string of the molecule is Sc1nnc(CCCCCCc2nnc(S)n2CCc2ccccc2)n1CCc1ccccc1. The number of hydrogen-bond acceptors (Lipinski definition) is 6. The van der Waals surface area contributed by atoms with Crippen LogP contribution in [-0.2, 0) is 38.8 Å². The highest BCUT2D eigenvalue weighted by molar-refractivity contribution is 7.80. The molecule has 178 valence electrons. The lowest BCUT2D eigenvalue weighted by molar-refractivity contribution is 0.558. The first-order valence-corrected chi connectivity index (χ1v) is 12.9. The van der Waals surface area contributed by atoms with Crippen LogP contribution in [0.3, 0.4) is 0 Å². The first-order valence-electron chi connectivity index (χ1n) is 12.0. The van der Waals surface area contributed by atoms with Crippen molar-refractivity contribution in [1.82, 2.24) is 29.5 Å². The van der Waals surface area contributed by atoms with Gasteiger partial charge in [-0.25, -0.2) is 0 Å². The van der Waals surface area contributed by atoms with E-state index in [0.29, 0.717) is 10.3 Å². The summed E-state index contributed by atoms with van der Waals surface area (Å²) in [4.78, 5) is 0. The predicted molar refractivity (Wildman–Crippen MR) is 141 cm³/mol. The van der Waals surface area contributed by atoms with E-state index in [4.69, 9.17) is 0 Å². The van der Waals surface area contributed by atoms with Crippen LogP contribution in [0.4, 0.5) is 0 Å². The van der Waals surface area contributed by atoms with E-state index >= 15 is 0 Å². The monoisotopic (exact) mass is 492 g/mol. The first-order chi connectivity index (χ1) is 16.7. The summed E-state index contributed by atoms with van der Waals surface area (Å²) >= 11 is 9.01. The largest absolute Gasteiger partial charge is 0.306 e. The topological polar surface area (TPSA) is 61.4 Å². The third-order valence-electron chi connectivity index (χ3n) is 6.10. The second-order valence-corrected chi connectivity index (χ2v) is 9.32. The minimum absolute atomic E-state index is 0.698. The molecule has 0 spiro atoms. The van der Waals surface area contributed by atoms with E-state index in [0.717, 1.165) is 76.1 Å². The van der Waals surface area contributed by atoms with E-state index in [1.54, 1.807) is 0 Å². The van der Waals surface area contributed by atoms with Gasteiger partial charge in [0, 0.05) is 25.9 Å². The van der Waals surface area contributed by atoms with Crippen LogP contribution in [0.25, 0.3) is 0 Å². The maximum absolute atomic E-state index is 4.50. The van der Waals surface area contributed by atoms with Gasteiger partial charge in [-0.3, -0.25) is 0 Å². The molecule has 0 aliphatic heterocycles. The van der Waals surface area contributed by atoms with Crippen LogP contribution in [-0.4, -0.2) is 29.5 Å². The smallest absolute Gasteiger partial charge is 0.188 e. The minimum Gasteiger partial charge on any atom is -0.306 e. The highest BCUT2D eigenvalue weighted by atomic mass is 32.1. The summed E-state index contributed by atoms with van der Waals surface area (Å²) < 4.78 is 4.28. The van der Waals surface area contributed by atoms with Crippen molar-refractivity contribution >= 4 is 25.3 Å². The molecule has 2 aromatic carbocycles. The van der Waals surface area contributed by atoms with Gasteiger partial charge in [0.2, 0.25) is 0 Å². The standard InChI is InChI=1S/C26H32N6S2/c33-25-29-27-23(31(25)19-17-21-11-5-3-6-12-21)15-9-1-2-10-16-24-28-30-26(34)32(24)20-18-22-13-7-4-8-14-22/h3-8,11-14H,1-2,9-10,15-20H2,(H,29,33)(H,30,34). The molecule has 0 saturated carbocycles. The van der Waals surface area contributed by atoms with Crippen molar-refractivity contribution < 1.29 is 0 Å². The van der Waals surface area contributed by atoms with Gasteiger partial charge in [0.25, 0.3) is 0 Å². The molecule has 4 rings (SSSR count). The van der Waals surface area contributed by atoms with Crippen molar-refractivity contribution in [2.45, 2.75) is 74.8 Å². The van der Waals surface area contributed by atoms with Gasteiger partial charge in [-0.05, 0) is 36.8 Å². The van der Waals surface area contributed by atoms with Gasteiger partial charge in [0.05, 0.1) is 0 Å². The van der Waals surface area contributed by atoms with Crippen LogP contribution in [0.1, 0.15) is 48.5 Å². The van der Waals surface area contributed by atoms with Crippen LogP contribution >= 0.6 is 25.3 Å². The summed E-state index contributed by atoms with van der Waals surface area (Å²) in [6.45, 7) is 1.71. The fourth-order valence-corrected chi connectivity index (χ4v) is 4.69. The van der Waals surface area contributed by atoms with Gasteiger partial charge in [-0.15, -0.1) is 45.7 Å². The Morgan fingerprint density at radius 2 is 0.912 bits per heavy atom. The summed E-state index contributed by atoms with van der Waals surface area (Å²) in [6, 6.07) is 21.0. The lowest BCUT2D eigenvalue weighted by Gasteiger charge is -2.09. The number of aryl methyl sites for hydroxylation is 4. The maximum atomic E-state index is 4.50. The fraction of sp³-hybridized carbons (Fsp3) is 0.385. The van der Waals surface area contributed by atoms with Gasteiger partial charge < -0.3 is 9.13 Å².